The Balaban J connectivity index is 1.74. The molecule has 0 atom stereocenters. The number of aromatic amines is 1. The molecule has 3 rings (SSSR count). The van der Waals surface area contributed by atoms with Crippen LogP contribution in [-0.4, -0.2) is 26.1 Å². The molecule has 20 heavy (non-hydrogen) atoms. The highest BCUT2D eigenvalue weighted by molar-refractivity contribution is 7.11. The molecular formula is C13H13N5OS. The van der Waals surface area contributed by atoms with E-state index in [-0.39, 0.29) is 5.91 Å². The molecule has 2 N–H and O–H groups in total. The van der Waals surface area contributed by atoms with E-state index < -0.39 is 0 Å². The van der Waals surface area contributed by atoms with E-state index in [2.05, 4.69) is 25.5 Å². The SMILES string of the molecule is Cc1nc(C)c(CNC(=O)c2ccc3cn[nH]c3n2)s1. The van der Waals surface area contributed by atoms with Gasteiger partial charge in [-0.3, -0.25) is 9.89 Å². The third kappa shape index (κ3) is 2.39. The summed E-state index contributed by atoms with van der Waals surface area (Å²) in [5, 5.41) is 11.4. The van der Waals surface area contributed by atoms with Crippen molar-refractivity contribution in [2.75, 3.05) is 0 Å². The molecule has 102 valence electrons. The van der Waals surface area contributed by atoms with Crippen LogP contribution >= 0.6 is 11.3 Å². The summed E-state index contributed by atoms with van der Waals surface area (Å²) in [5.41, 5.74) is 1.95. The van der Waals surface area contributed by atoms with Gasteiger partial charge >= 0.3 is 0 Å². The maximum absolute atomic E-state index is 12.1. The summed E-state index contributed by atoms with van der Waals surface area (Å²) in [5.74, 6) is -0.202. The minimum Gasteiger partial charge on any atom is -0.346 e. The molecule has 3 aromatic heterocycles. The minimum atomic E-state index is -0.202. The number of pyridine rings is 1. The van der Waals surface area contributed by atoms with Gasteiger partial charge in [0.25, 0.3) is 5.91 Å². The van der Waals surface area contributed by atoms with Gasteiger partial charge in [0.05, 0.1) is 23.4 Å². The van der Waals surface area contributed by atoms with E-state index in [0.717, 1.165) is 21.0 Å². The van der Waals surface area contributed by atoms with Crippen LogP contribution in [-0.2, 0) is 6.54 Å². The van der Waals surface area contributed by atoms with E-state index in [1.54, 1.807) is 23.6 Å². The lowest BCUT2D eigenvalue weighted by Gasteiger charge is -2.03. The maximum atomic E-state index is 12.1. The fourth-order valence-electron chi connectivity index (χ4n) is 1.94. The van der Waals surface area contributed by atoms with E-state index in [0.29, 0.717) is 17.9 Å². The van der Waals surface area contributed by atoms with Crippen LogP contribution in [0, 0.1) is 13.8 Å². The van der Waals surface area contributed by atoms with Crippen molar-refractivity contribution < 1.29 is 4.79 Å². The molecule has 3 heterocycles. The molecule has 3 aromatic rings. The normalized spacial score (nSPS) is 10.9. The fourth-order valence-corrected chi connectivity index (χ4v) is 2.82. The largest absolute Gasteiger partial charge is 0.346 e. The lowest BCUT2D eigenvalue weighted by atomic mass is 10.3. The first kappa shape index (κ1) is 12.7. The molecule has 0 aliphatic rings. The van der Waals surface area contributed by atoms with Gasteiger partial charge in [-0.2, -0.15) is 5.10 Å². The minimum absolute atomic E-state index is 0.202. The Hall–Kier alpha value is -2.28. The summed E-state index contributed by atoms with van der Waals surface area (Å²) < 4.78 is 0. The lowest BCUT2D eigenvalue weighted by molar-refractivity contribution is 0.0946. The Bertz CT molecular complexity index is 776. The number of aryl methyl sites for hydroxylation is 2. The van der Waals surface area contributed by atoms with Crippen molar-refractivity contribution in [1.82, 2.24) is 25.5 Å². The zero-order valence-electron chi connectivity index (χ0n) is 11.1. The monoisotopic (exact) mass is 287 g/mol. The van der Waals surface area contributed by atoms with E-state index in [9.17, 15) is 4.79 Å². The number of hydrogen-bond donors (Lipinski definition) is 2. The number of thiazole rings is 1. The molecule has 0 saturated carbocycles. The number of carbonyl (C=O) groups excluding carboxylic acids is 1. The summed E-state index contributed by atoms with van der Waals surface area (Å²) in [6.45, 7) is 4.37. The zero-order chi connectivity index (χ0) is 14.1. The quantitative estimate of drug-likeness (QED) is 0.771. The molecule has 6 nitrogen and oxygen atoms in total. The van der Waals surface area contributed by atoms with Gasteiger partial charge in [0.15, 0.2) is 5.65 Å². The molecule has 0 saturated heterocycles. The number of amides is 1. The van der Waals surface area contributed by atoms with E-state index >= 15 is 0 Å². The Kier molecular flexibility index (Phi) is 3.19. The number of H-pyrrole nitrogens is 1. The summed E-state index contributed by atoms with van der Waals surface area (Å²) in [6.07, 6.45) is 1.67. The standard InChI is InChI=1S/C13H13N5OS/c1-7-11(20-8(2)16-7)6-14-13(19)10-4-3-9-5-15-18-12(9)17-10/h3-5H,6H2,1-2H3,(H,14,19)(H,15,17,18). The van der Waals surface area contributed by atoms with Gasteiger partial charge in [-0.15, -0.1) is 11.3 Å². The summed E-state index contributed by atoms with van der Waals surface area (Å²) in [7, 11) is 0. The second-order valence-electron chi connectivity index (χ2n) is 4.43. The van der Waals surface area contributed by atoms with E-state index in [1.165, 1.54) is 0 Å². The number of aromatic nitrogens is 4. The number of fused-ring (bicyclic) bond motifs is 1. The zero-order valence-corrected chi connectivity index (χ0v) is 11.9. The van der Waals surface area contributed by atoms with Gasteiger partial charge in [0.2, 0.25) is 0 Å². The molecular weight excluding hydrogens is 274 g/mol. The molecule has 0 aliphatic carbocycles. The van der Waals surface area contributed by atoms with Crippen LogP contribution in [0.4, 0.5) is 0 Å². The second-order valence-corrected chi connectivity index (χ2v) is 5.72. The number of rotatable bonds is 3. The Morgan fingerprint density at radius 2 is 2.20 bits per heavy atom. The average Bonchev–Trinajstić information content (AvgIpc) is 3.01. The molecule has 7 heteroatoms. The first-order valence-corrected chi connectivity index (χ1v) is 6.96. The average molecular weight is 287 g/mol. The van der Waals surface area contributed by atoms with Gasteiger partial charge in [-0.1, -0.05) is 0 Å². The molecule has 0 aliphatic heterocycles. The first-order chi connectivity index (χ1) is 9.63. The third-order valence-electron chi connectivity index (χ3n) is 2.94. The van der Waals surface area contributed by atoms with Crippen molar-refractivity contribution in [2.24, 2.45) is 0 Å². The fraction of sp³-hybridized carbons (Fsp3) is 0.231. The Morgan fingerprint density at radius 1 is 1.35 bits per heavy atom. The third-order valence-corrected chi connectivity index (χ3v) is 4.02. The summed E-state index contributed by atoms with van der Waals surface area (Å²) >= 11 is 1.59. The van der Waals surface area contributed by atoms with Crippen LogP contribution in [0.1, 0.15) is 26.1 Å². The van der Waals surface area contributed by atoms with Crippen molar-refractivity contribution in [1.29, 1.82) is 0 Å². The van der Waals surface area contributed by atoms with Gasteiger partial charge in [-0.25, -0.2) is 9.97 Å². The van der Waals surface area contributed by atoms with Gasteiger partial charge in [0.1, 0.15) is 5.69 Å². The van der Waals surface area contributed by atoms with Crippen molar-refractivity contribution in [3.63, 3.8) is 0 Å². The van der Waals surface area contributed by atoms with Crippen LogP contribution in [0.2, 0.25) is 0 Å². The maximum Gasteiger partial charge on any atom is 0.270 e. The first-order valence-electron chi connectivity index (χ1n) is 6.15. The van der Waals surface area contributed by atoms with Crippen molar-refractivity contribution in [3.05, 3.63) is 39.6 Å². The van der Waals surface area contributed by atoms with Crippen LogP contribution in [0.3, 0.4) is 0 Å². The van der Waals surface area contributed by atoms with Gasteiger partial charge in [-0.05, 0) is 26.0 Å². The molecule has 0 radical (unpaired) electrons. The highest BCUT2D eigenvalue weighted by Gasteiger charge is 2.11. The number of nitrogens with zero attached hydrogens (tertiary/aromatic N) is 3. The number of carbonyl (C=O) groups is 1. The molecule has 0 fully saturated rings. The van der Waals surface area contributed by atoms with Crippen LogP contribution in [0.15, 0.2) is 18.3 Å². The van der Waals surface area contributed by atoms with Crippen LogP contribution in [0.25, 0.3) is 11.0 Å². The number of nitrogens with one attached hydrogen (secondary N) is 2. The topological polar surface area (TPSA) is 83.6 Å². The smallest absolute Gasteiger partial charge is 0.270 e. The highest BCUT2D eigenvalue weighted by atomic mass is 32.1. The van der Waals surface area contributed by atoms with E-state index in [4.69, 9.17) is 0 Å². The van der Waals surface area contributed by atoms with Crippen molar-refractivity contribution in [3.8, 4) is 0 Å². The predicted octanol–water partition coefficient (Wildman–Crippen LogP) is 1.96. The second kappa shape index (κ2) is 5.01. The molecule has 0 aromatic carbocycles. The van der Waals surface area contributed by atoms with Crippen molar-refractivity contribution >= 4 is 28.3 Å². The Morgan fingerprint density at radius 3 is 2.95 bits per heavy atom. The molecule has 0 bridgehead atoms. The van der Waals surface area contributed by atoms with Gasteiger partial charge in [0, 0.05) is 10.3 Å². The summed E-state index contributed by atoms with van der Waals surface area (Å²) in [6, 6.07) is 3.51. The molecule has 0 spiro atoms. The van der Waals surface area contributed by atoms with Gasteiger partial charge < -0.3 is 5.32 Å². The molecule has 1 amide bonds. The highest BCUT2D eigenvalue weighted by Crippen LogP contribution is 2.16. The summed E-state index contributed by atoms with van der Waals surface area (Å²) in [4.78, 5) is 21.7. The molecule has 0 unspecified atom stereocenters. The van der Waals surface area contributed by atoms with Crippen molar-refractivity contribution in [2.45, 2.75) is 20.4 Å². The van der Waals surface area contributed by atoms with Crippen LogP contribution < -0.4 is 5.32 Å². The van der Waals surface area contributed by atoms with Crippen LogP contribution in [0.5, 0.6) is 0 Å². The van der Waals surface area contributed by atoms with E-state index in [1.807, 2.05) is 19.9 Å². The number of hydrogen-bond acceptors (Lipinski definition) is 5. The lowest BCUT2D eigenvalue weighted by Crippen LogP contribution is -2.23. The predicted molar refractivity (Wildman–Crippen MR) is 76.6 cm³/mol. The Labute approximate surface area is 119 Å².